The summed E-state index contributed by atoms with van der Waals surface area (Å²) in [6.45, 7) is 3.83. The zero-order valence-electron chi connectivity index (χ0n) is 38.0. The van der Waals surface area contributed by atoms with Crippen LogP contribution >= 0.6 is 0 Å². The third kappa shape index (κ3) is 8.24. The van der Waals surface area contributed by atoms with Gasteiger partial charge in [-0.05, 0) is 19.3 Å². The topological polar surface area (TPSA) is 148 Å². The molecule has 7 aromatic rings. The second-order valence-electron chi connectivity index (χ2n) is 17.5. The number of carboxylic acids is 1. The minimum Gasteiger partial charge on any atom is -0.478 e. The Kier molecular flexibility index (Phi) is 12.0. The summed E-state index contributed by atoms with van der Waals surface area (Å²) in [4.78, 5) is 12.1. The summed E-state index contributed by atoms with van der Waals surface area (Å²) >= 11 is 0. The summed E-state index contributed by atoms with van der Waals surface area (Å²) < 4.78 is 96.7. The Morgan fingerprint density at radius 3 is 0.718 bits per heavy atom. The van der Waals surface area contributed by atoms with E-state index < -0.39 is 76.4 Å². The zero-order chi connectivity index (χ0) is 48.3. The Bertz CT molecular complexity index is 2760. The van der Waals surface area contributed by atoms with E-state index in [1.165, 1.54) is 0 Å². The molecular weight excluding hydrogens is 1040 g/mol. The van der Waals surface area contributed by atoms with Gasteiger partial charge in [0.15, 0.2) is 0 Å². The number of hydrogen-bond donors (Lipinski definition) is 1. The lowest BCUT2D eigenvalue weighted by Crippen LogP contribution is -2.95. The van der Waals surface area contributed by atoms with Crippen LogP contribution in [0.5, 0.6) is 0 Å². The van der Waals surface area contributed by atoms with Gasteiger partial charge in [0.25, 0.3) is 0 Å². The maximum atomic E-state index is 12.1. The quantitative estimate of drug-likeness (QED) is 0.101. The van der Waals surface area contributed by atoms with Crippen LogP contribution < -0.4 is 36.3 Å². The number of benzene rings is 7. The van der Waals surface area contributed by atoms with Crippen molar-refractivity contribution in [1.29, 1.82) is 0 Å². The zero-order valence-corrected chi connectivity index (χ0v) is 46.0. The van der Waals surface area contributed by atoms with Crippen LogP contribution in [0.25, 0.3) is 0 Å². The SMILES string of the molecule is C=C(CCCC[Si]12O[Si]3(c4ccccc4)O[Si]4(c5ccccc5)O[Si](c5ccccc5)(O1)O[Si]1(c5ccccc5)O[Si](c5ccccc5)(O2)O[Si](c2ccccc2)(O3)O[Si](c2ccccc2)(O4)O1)C(=O)O. The van der Waals surface area contributed by atoms with Crippen LogP contribution in [0.2, 0.25) is 6.04 Å². The van der Waals surface area contributed by atoms with Gasteiger partial charge in [0.1, 0.15) is 0 Å². The molecule has 0 spiro atoms. The molecule has 0 atom stereocenters. The summed E-state index contributed by atoms with van der Waals surface area (Å²) in [5, 5.41) is 13.6. The Morgan fingerprint density at radius 2 is 0.521 bits per heavy atom. The van der Waals surface area contributed by atoms with Gasteiger partial charge in [0.05, 0.1) is 0 Å². The Labute approximate surface area is 419 Å². The lowest BCUT2D eigenvalue weighted by molar-refractivity contribution is -0.132. The molecule has 1 N–H and O–H groups in total. The molecule has 6 aliphatic heterocycles. The average Bonchev–Trinajstić information content (AvgIpc) is 3.39. The van der Waals surface area contributed by atoms with E-state index in [1.807, 2.05) is 212 Å². The lowest BCUT2D eigenvalue weighted by Gasteiger charge is -2.62. The Morgan fingerprint density at radius 1 is 0.324 bits per heavy atom. The highest BCUT2D eigenvalue weighted by Gasteiger charge is 2.86. The third-order valence-electron chi connectivity index (χ3n) is 12.7. The van der Waals surface area contributed by atoms with Gasteiger partial charge in [-0.2, -0.15) is 0 Å². The van der Waals surface area contributed by atoms with Gasteiger partial charge in [-0.1, -0.05) is 219 Å². The van der Waals surface area contributed by atoms with Gasteiger partial charge in [0.2, 0.25) is 0 Å². The molecule has 6 saturated heterocycles. The molecule has 22 heteroatoms. The normalized spacial score (nSPS) is 32.7. The molecular formula is C49H46O14Si8. The second-order valence-corrected chi connectivity index (χ2v) is 41.0. The highest BCUT2D eigenvalue weighted by molar-refractivity contribution is 7.13. The van der Waals surface area contributed by atoms with E-state index in [0.29, 0.717) is 49.1 Å². The van der Waals surface area contributed by atoms with E-state index in [-0.39, 0.29) is 18.0 Å². The van der Waals surface area contributed by atoms with E-state index in [0.717, 1.165) is 0 Å². The summed E-state index contributed by atoms with van der Waals surface area (Å²) in [5.41, 5.74) is 0.0696. The van der Waals surface area contributed by atoms with Gasteiger partial charge < -0.3 is 54.5 Å². The molecule has 0 aromatic heterocycles. The Hall–Kier alpha value is -4.99. The summed E-state index contributed by atoms with van der Waals surface area (Å²) in [7, 11) is -38.0. The van der Waals surface area contributed by atoms with Crippen LogP contribution in [0, 0.1) is 0 Å². The first-order valence-electron chi connectivity index (χ1n) is 23.3. The summed E-state index contributed by atoms with van der Waals surface area (Å²) in [6.07, 6.45) is 0.916. The molecule has 13 rings (SSSR count). The number of unbranched alkanes of at least 4 members (excludes halogenated alkanes) is 1. The third-order valence-corrected chi connectivity index (χ3v) is 47.2. The van der Waals surface area contributed by atoms with Crippen molar-refractivity contribution in [2.24, 2.45) is 0 Å². The molecule has 6 aliphatic rings. The van der Waals surface area contributed by atoms with Crippen molar-refractivity contribution < 1.29 is 59.3 Å². The standard InChI is InChI=1S/C49H46O14Si8/c1-41(49(50)51)25-23-24-40-64-52-65(42-26-9-2-10-27-42)55-68(45-32-15-5-16-33-45)57-66(53-64,43-28-11-3-12-29-43)59-70(47-36-19-7-20-37-47)60-67(54-64,44-30-13-4-14-31-44)58-69(56-65,46-34-17-6-18-35-46)62-71(61-68,63-70)48-38-21-8-22-39-48/h2-22,26-39H,1,23-25,40H2,(H,50,51). The van der Waals surface area contributed by atoms with E-state index >= 15 is 0 Å². The minimum atomic E-state index is -4.77. The first kappa shape index (κ1) is 47.0. The van der Waals surface area contributed by atoms with Gasteiger partial charge in [-0.3, -0.25) is 0 Å². The fourth-order valence-electron chi connectivity index (χ4n) is 9.38. The van der Waals surface area contributed by atoms with Gasteiger partial charge in [-0.25, -0.2) is 4.79 Å². The van der Waals surface area contributed by atoms with E-state index in [9.17, 15) is 9.90 Å². The summed E-state index contributed by atoms with van der Waals surface area (Å²) in [5.74, 6) is -1.08. The van der Waals surface area contributed by atoms with E-state index in [4.69, 9.17) is 49.4 Å². The van der Waals surface area contributed by atoms with Crippen molar-refractivity contribution in [3.63, 3.8) is 0 Å². The first-order valence-corrected chi connectivity index (χ1v) is 37.3. The second kappa shape index (κ2) is 18.2. The molecule has 358 valence electrons. The van der Waals surface area contributed by atoms with Crippen molar-refractivity contribution in [1.82, 2.24) is 0 Å². The highest BCUT2D eigenvalue weighted by Crippen LogP contribution is 2.49. The van der Waals surface area contributed by atoms with Crippen LogP contribution in [0.15, 0.2) is 224 Å². The predicted octanol–water partition coefficient (Wildman–Crippen LogP) is 3.93. The number of aliphatic carboxylic acids is 1. The maximum absolute atomic E-state index is 12.1. The average molecular weight is 1080 g/mol. The van der Waals surface area contributed by atoms with Crippen molar-refractivity contribution in [2.45, 2.75) is 25.3 Å². The molecule has 0 saturated carbocycles. The van der Waals surface area contributed by atoms with Crippen LogP contribution in [-0.4, -0.2) is 81.5 Å². The number of carboxylic acid groups (broad SMARTS) is 1. The molecule has 8 bridgehead atoms. The Balaban J connectivity index is 1.25. The van der Waals surface area contributed by atoms with Crippen LogP contribution in [0.3, 0.4) is 0 Å². The number of carbonyl (C=O) groups is 1. The van der Waals surface area contributed by atoms with Crippen molar-refractivity contribution in [3.05, 3.63) is 224 Å². The number of hydrogen-bond acceptors (Lipinski definition) is 13. The fourth-order valence-corrected chi connectivity index (χ4v) is 56.0. The van der Waals surface area contributed by atoms with Crippen LogP contribution in [0.4, 0.5) is 0 Å². The summed E-state index contributed by atoms with van der Waals surface area (Å²) in [6, 6.07) is 66.4. The molecule has 6 heterocycles. The molecule has 0 radical (unpaired) electrons. The van der Waals surface area contributed by atoms with Crippen molar-refractivity contribution >= 4 is 113 Å². The van der Waals surface area contributed by atoms with Crippen molar-refractivity contribution in [2.75, 3.05) is 0 Å². The number of rotatable bonds is 13. The van der Waals surface area contributed by atoms with Gasteiger partial charge in [0, 0.05) is 47.9 Å². The minimum absolute atomic E-state index is 0.0696. The molecule has 6 fully saturated rings. The van der Waals surface area contributed by atoms with Gasteiger partial charge >= 0.3 is 76.4 Å². The molecule has 0 unspecified atom stereocenters. The van der Waals surface area contributed by atoms with Crippen molar-refractivity contribution in [3.8, 4) is 0 Å². The smallest absolute Gasteiger partial charge is 0.478 e. The largest absolute Gasteiger partial charge is 0.515 e. The van der Waals surface area contributed by atoms with E-state index in [1.54, 1.807) is 0 Å². The molecule has 7 aromatic carbocycles. The molecule has 71 heavy (non-hydrogen) atoms. The maximum Gasteiger partial charge on any atom is 0.515 e. The first-order chi connectivity index (χ1) is 34.5. The molecule has 0 aliphatic carbocycles. The van der Waals surface area contributed by atoms with Crippen LogP contribution in [-0.2, 0) is 54.2 Å². The fraction of sp³-hybridized carbons (Fsp3) is 0.0816. The lowest BCUT2D eigenvalue weighted by atomic mass is 10.1. The predicted molar refractivity (Wildman–Crippen MR) is 277 cm³/mol. The van der Waals surface area contributed by atoms with Gasteiger partial charge in [-0.15, -0.1) is 0 Å². The molecule has 0 amide bonds. The van der Waals surface area contributed by atoms with E-state index in [2.05, 4.69) is 6.58 Å². The van der Waals surface area contributed by atoms with Crippen LogP contribution in [0.1, 0.15) is 19.3 Å². The highest BCUT2D eigenvalue weighted by atomic mass is 28.6. The monoisotopic (exact) mass is 1080 g/mol. The molecule has 14 nitrogen and oxygen atoms in total.